The molecule has 3 rings (SSSR count). The van der Waals surface area contributed by atoms with Gasteiger partial charge in [-0.3, -0.25) is 4.79 Å². The Bertz CT molecular complexity index is 960. The van der Waals surface area contributed by atoms with E-state index in [0.717, 1.165) is 29.0 Å². The Kier molecular flexibility index (Phi) is 5.70. The van der Waals surface area contributed by atoms with Gasteiger partial charge in [0.05, 0.1) is 5.03 Å². The maximum Gasteiger partial charge on any atom is 0.282 e. The molecule has 1 N–H and O–H groups in total. The molecule has 0 aliphatic rings. The average molecular weight is 392 g/mol. The first-order chi connectivity index (χ1) is 12.5. The molecule has 0 radical (unpaired) electrons. The third-order valence-electron chi connectivity index (χ3n) is 3.36. The first-order valence-corrected chi connectivity index (χ1v) is 8.70. The number of rotatable bonds is 5. The number of benzene rings is 2. The summed E-state index contributed by atoms with van der Waals surface area (Å²) in [5.74, 6) is -2.28. The summed E-state index contributed by atoms with van der Waals surface area (Å²) in [5.41, 5.74) is 1.33. The van der Waals surface area contributed by atoms with Crippen LogP contribution in [0.15, 0.2) is 48.5 Å². The lowest BCUT2D eigenvalue weighted by Gasteiger charge is -2.02. The van der Waals surface area contributed by atoms with E-state index in [0.29, 0.717) is 17.1 Å². The summed E-state index contributed by atoms with van der Waals surface area (Å²) < 4.78 is 26.2. The van der Waals surface area contributed by atoms with Gasteiger partial charge in [-0.25, -0.2) is 8.78 Å². The molecule has 0 aliphatic heterocycles. The van der Waals surface area contributed by atoms with Gasteiger partial charge in [-0.1, -0.05) is 59.3 Å². The monoisotopic (exact) mass is 391 g/mol. The SMILES string of the molecule is O=C(NCc1ccccc1)c1nnc(/C(Cl)=C/c2ccc(F)c(F)c2)s1. The molecule has 0 saturated carbocycles. The molecule has 1 amide bonds. The highest BCUT2D eigenvalue weighted by atomic mass is 35.5. The molecule has 8 heteroatoms. The van der Waals surface area contributed by atoms with Crippen molar-refractivity contribution in [2.24, 2.45) is 0 Å². The van der Waals surface area contributed by atoms with Crippen molar-refractivity contribution in [3.05, 3.63) is 81.3 Å². The van der Waals surface area contributed by atoms with E-state index < -0.39 is 11.6 Å². The maximum atomic E-state index is 13.2. The summed E-state index contributed by atoms with van der Waals surface area (Å²) in [4.78, 5) is 12.1. The van der Waals surface area contributed by atoms with Gasteiger partial charge in [0.2, 0.25) is 5.01 Å². The van der Waals surface area contributed by atoms with Gasteiger partial charge in [-0.05, 0) is 29.3 Å². The van der Waals surface area contributed by atoms with Crippen LogP contribution in [-0.4, -0.2) is 16.1 Å². The molecular formula is C18H12ClF2N3OS. The minimum Gasteiger partial charge on any atom is -0.346 e. The van der Waals surface area contributed by atoms with Crippen LogP contribution in [0.25, 0.3) is 11.1 Å². The zero-order chi connectivity index (χ0) is 18.5. The zero-order valence-electron chi connectivity index (χ0n) is 13.2. The van der Waals surface area contributed by atoms with Gasteiger partial charge in [-0.2, -0.15) is 0 Å². The predicted octanol–water partition coefficient (Wildman–Crippen LogP) is 4.48. The molecule has 0 bridgehead atoms. The van der Waals surface area contributed by atoms with Gasteiger partial charge in [-0.15, -0.1) is 10.2 Å². The number of amides is 1. The van der Waals surface area contributed by atoms with Crippen molar-refractivity contribution in [1.29, 1.82) is 0 Å². The van der Waals surface area contributed by atoms with Crippen LogP contribution in [0.4, 0.5) is 8.78 Å². The number of hydrogen-bond donors (Lipinski definition) is 1. The van der Waals surface area contributed by atoms with Crippen LogP contribution in [0, 0.1) is 11.6 Å². The minimum atomic E-state index is -0.971. The van der Waals surface area contributed by atoms with Crippen molar-refractivity contribution >= 4 is 40.0 Å². The van der Waals surface area contributed by atoms with E-state index in [1.807, 2.05) is 30.3 Å². The molecule has 2 aromatic carbocycles. The summed E-state index contributed by atoms with van der Waals surface area (Å²) in [6, 6.07) is 12.9. The molecule has 26 heavy (non-hydrogen) atoms. The number of carbonyl (C=O) groups is 1. The van der Waals surface area contributed by atoms with E-state index in [9.17, 15) is 13.6 Å². The third kappa shape index (κ3) is 4.50. The van der Waals surface area contributed by atoms with Crippen LogP contribution >= 0.6 is 22.9 Å². The second-order valence-electron chi connectivity index (χ2n) is 5.25. The number of nitrogens with zero attached hydrogens (tertiary/aromatic N) is 2. The molecule has 0 fully saturated rings. The second kappa shape index (κ2) is 8.16. The van der Waals surface area contributed by atoms with Crippen molar-refractivity contribution < 1.29 is 13.6 Å². The highest BCUT2D eigenvalue weighted by molar-refractivity contribution is 7.15. The lowest BCUT2D eigenvalue weighted by atomic mass is 10.2. The molecule has 4 nitrogen and oxygen atoms in total. The van der Waals surface area contributed by atoms with E-state index in [2.05, 4.69) is 15.5 Å². The number of aromatic nitrogens is 2. The van der Waals surface area contributed by atoms with Crippen molar-refractivity contribution in [3.8, 4) is 0 Å². The van der Waals surface area contributed by atoms with Gasteiger partial charge in [0, 0.05) is 6.54 Å². The fourth-order valence-corrected chi connectivity index (χ4v) is 3.02. The maximum absolute atomic E-state index is 13.2. The Hall–Kier alpha value is -2.64. The van der Waals surface area contributed by atoms with Crippen molar-refractivity contribution in [1.82, 2.24) is 15.5 Å². The van der Waals surface area contributed by atoms with E-state index in [1.54, 1.807) is 0 Å². The number of halogens is 3. The molecule has 0 unspecified atom stereocenters. The van der Waals surface area contributed by atoms with E-state index in [4.69, 9.17) is 11.6 Å². The molecule has 132 valence electrons. The summed E-state index contributed by atoms with van der Waals surface area (Å²) in [6.45, 7) is 0.368. The topological polar surface area (TPSA) is 54.9 Å². The average Bonchev–Trinajstić information content (AvgIpc) is 3.14. The number of nitrogens with one attached hydrogen (secondary N) is 1. The summed E-state index contributed by atoms with van der Waals surface area (Å²) in [5, 5.41) is 11.1. The minimum absolute atomic E-state index is 0.160. The molecule has 0 aliphatic carbocycles. The van der Waals surface area contributed by atoms with Gasteiger partial charge in [0.15, 0.2) is 16.6 Å². The zero-order valence-corrected chi connectivity index (χ0v) is 14.8. The van der Waals surface area contributed by atoms with Crippen LogP contribution in [0.5, 0.6) is 0 Å². The van der Waals surface area contributed by atoms with Crippen molar-refractivity contribution in [3.63, 3.8) is 0 Å². The summed E-state index contributed by atoms with van der Waals surface area (Å²) in [7, 11) is 0. The Balaban J connectivity index is 1.69. The molecule has 0 spiro atoms. The van der Waals surface area contributed by atoms with Crippen LogP contribution in [0.3, 0.4) is 0 Å². The molecule has 1 aromatic heterocycles. The van der Waals surface area contributed by atoms with Crippen LogP contribution < -0.4 is 5.32 Å². The largest absolute Gasteiger partial charge is 0.346 e. The molecule has 0 saturated heterocycles. The van der Waals surface area contributed by atoms with Gasteiger partial charge < -0.3 is 5.32 Å². The quantitative estimate of drug-likeness (QED) is 0.697. The fourth-order valence-electron chi connectivity index (χ4n) is 2.08. The van der Waals surface area contributed by atoms with E-state index in [-0.39, 0.29) is 15.9 Å². The van der Waals surface area contributed by atoms with Crippen molar-refractivity contribution in [2.75, 3.05) is 0 Å². The second-order valence-corrected chi connectivity index (χ2v) is 6.63. The highest BCUT2D eigenvalue weighted by Crippen LogP contribution is 2.25. The van der Waals surface area contributed by atoms with E-state index >= 15 is 0 Å². The van der Waals surface area contributed by atoms with Crippen molar-refractivity contribution in [2.45, 2.75) is 6.54 Å². The van der Waals surface area contributed by atoms with Crippen LogP contribution in [-0.2, 0) is 6.54 Å². The molecule has 1 heterocycles. The normalized spacial score (nSPS) is 11.4. The van der Waals surface area contributed by atoms with Gasteiger partial charge in [0.25, 0.3) is 5.91 Å². The first-order valence-electron chi connectivity index (χ1n) is 7.51. The van der Waals surface area contributed by atoms with E-state index in [1.165, 1.54) is 12.1 Å². The van der Waals surface area contributed by atoms with Crippen LogP contribution in [0.1, 0.15) is 25.9 Å². The Labute approximate surface area is 157 Å². The lowest BCUT2D eigenvalue weighted by Crippen LogP contribution is -2.22. The predicted molar refractivity (Wildman–Crippen MR) is 97.6 cm³/mol. The summed E-state index contributed by atoms with van der Waals surface area (Å²) >= 11 is 7.15. The smallest absolute Gasteiger partial charge is 0.282 e. The Morgan fingerprint density at radius 2 is 1.81 bits per heavy atom. The molecule has 0 atom stereocenters. The van der Waals surface area contributed by atoms with Gasteiger partial charge in [0.1, 0.15) is 0 Å². The van der Waals surface area contributed by atoms with Gasteiger partial charge >= 0.3 is 0 Å². The number of hydrogen-bond acceptors (Lipinski definition) is 4. The molecular weight excluding hydrogens is 380 g/mol. The van der Waals surface area contributed by atoms with Crippen LogP contribution in [0.2, 0.25) is 0 Å². The lowest BCUT2D eigenvalue weighted by molar-refractivity contribution is 0.0950. The Morgan fingerprint density at radius 3 is 2.54 bits per heavy atom. The Morgan fingerprint density at radius 1 is 1.08 bits per heavy atom. The highest BCUT2D eigenvalue weighted by Gasteiger charge is 2.14. The number of carbonyl (C=O) groups excluding carboxylic acids is 1. The fraction of sp³-hybridized carbons (Fsp3) is 0.0556. The first kappa shape index (κ1) is 18.2. The standard InChI is InChI=1S/C18H12ClF2N3OS/c19-13(8-12-6-7-14(20)15(21)9-12)17-23-24-18(26-17)16(25)22-10-11-4-2-1-3-5-11/h1-9H,10H2,(H,22,25)/b13-8-. The third-order valence-corrected chi connectivity index (χ3v) is 4.71. The summed E-state index contributed by atoms with van der Waals surface area (Å²) in [6.07, 6.45) is 1.43. The molecule has 3 aromatic rings.